The van der Waals surface area contributed by atoms with Crippen molar-refractivity contribution in [2.24, 2.45) is 11.3 Å². The Bertz CT molecular complexity index is 260. The van der Waals surface area contributed by atoms with Crippen LogP contribution in [0.5, 0.6) is 0 Å². The van der Waals surface area contributed by atoms with Crippen LogP contribution in [-0.4, -0.2) is 24.8 Å². The van der Waals surface area contributed by atoms with E-state index in [-0.39, 0.29) is 23.6 Å². The molecule has 0 amide bonds. The first kappa shape index (κ1) is 10.9. The van der Waals surface area contributed by atoms with E-state index >= 15 is 0 Å². The maximum atomic E-state index is 11.3. The van der Waals surface area contributed by atoms with Crippen LogP contribution >= 0.6 is 0 Å². The molecule has 0 aromatic carbocycles. The molecule has 1 heterocycles. The summed E-state index contributed by atoms with van der Waals surface area (Å²) in [5, 5.41) is 0. The largest absolute Gasteiger partial charge is 0.459 e. The zero-order valence-electron chi connectivity index (χ0n) is 9.79. The fourth-order valence-corrected chi connectivity index (χ4v) is 3.02. The Morgan fingerprint density at radius 2 is 2.20 bits per heavy atom. The summed E-state index contributed by atoms with van der Waals surface area (Å²) in [4.78, 5) is 11.3. The number of fused-ring (bicyclic) bond motifs is 1. The Morgan fingerprint density at radius 1 is 1.47 bits per heavy atom. The van der Waals surface area contributed by atoms with Crippen molar-refractivity contribution in [2.45, 2.75) is 52.2 Å². The van der Waals surface area contributed by atoms with E-state index in [1.165, 1.54) is 0 Å². The predicted octanol–water partition coefficient (Wildman–Crippen LogP) is 2.14. The van der Waals surface area contributed by atoms with E-state index in [4.69, 9.17) is 9.47 Å². The zero-order valence-corrected chi connectivity index (χ0v) is 9.79. The summed E-state index contributed by atoms with van der Waals surface area (Å²) in [6.07, 6.45) is 2.78. The molecule has 3 nitrogen and oxygen atoms in total. The molecule has 3 atom stereocenters. The molecule has 0 aromatic heterocycles. The van der Waals surface area contributed by atoms with Gasteiger partial charge in [-0.25, -0.2) is 0 Å². The molecule has 0 N–H and O–H groups in total. The summed E-state index contributed by atoms with van der Waals surface area (Å²) in [6, 6.07) is 0. The lowest BCUT2D eigenvalue weighted by atomic mass is 9.69. The standard InChI is InChI=1S/C12H20O3/c1-4-14-9-7-12(2,3)6-8-5-10(13)15-11(8)9/h8-9,11H,4-7H2,1-3H3. The van der Waals surface area contributed by atoms with E-state index in [0.29, 0.717) is 18.9 Å². The number of carbonyl (C=O) groups is 1. The summed E-state index contributed by atoms with van der Waals surface area (Å²) in [5.74, 6) is 0.324. The summed E-state index contributed by atoms with van der Waals surface area (Å²) >= 11 is 0. The average Bonchev–Trinajstić information content (AvgIpc) is 2.44. The molecular formula is C12H20O3. The number of carbonyl (C=O) groups excluding carboxylic acids is 1. The number of rotatable bonds is 2. The minimum Gasteiger partial charge on any atom is -0.459 e. The van der Waals surface area contributed by atoms with Gasteiger partial charge < -0.3 is 9.47 Å². The van der Waals surface area contributed by atoms with Gasteiger partial charge in [0, 0.05) is 12.5 Å². The van der Waals surface area contributed by atoms with E-state index in [2.05, 4.69) is 13.8 Å². The first-order chi connectivity index (χ1) is 7.02. The topological polar surface area (TPSA) is 35.5 Å². The third-order valence-electron chi connectivity index (χ3n) is 3.48. The van der Waals surface area contributed by atoms with Gasteiger partial charge in [0.25, 0.3) is 0 Å². The molecule has 3 heteroatoms. The highest BCUT2D eigenvalue weighted by Crippen LogP contribution is 2.45. The van der Waals surface area contributed by atoms with Gasteiger partial charge in [0.05, 0.1) is 12.5 Å². The molecule has 1 aliphatic heterocycles. The van der Waals surface area contributed by atoms with Gasteiger partial charge >= 0.3 is 5.97 Å². The van der Waals surface area contributed by atoms with Gasteiger partial charge in [-0.2, -0.15) is 0 Å². The number of esters is 1. The minimum absolute atomic E-state index is 0.0190. The van der Waals surface area contributed by atoms with Crippen molar-refractivity contribution in [3.05, 3.63) is 0 Å². The lowest BCUT2D eigenvalue weighted by molar-refractivity contribution is -0.152. The summed E-state index contributed by atoms with van der Waals surface area (Å²) in [7, 11) is 0. The fourth-order valence-electron chi connectivity index (χ4n) is 3.02. The second kappa shape index (κ2) is 3.78. The van der Waals surface area contributed by atoms with Gasteiger partial charge in [-0.05, 0) is 25.2 Å². The van der Waals surface area contributed by atoms with E-state index in [1.54, 1.807) is 0 Å². The Kier molecular flexibility index (Phi) is 2.75. The SMILES string of the molecule is CCOC1CC(C)(C)CC2CC(=O)OC21. The highest BCUT2D eigenvalue weighted by Gasteiger charge is 2.48. The van der Waals surface area contributed by atoms with Crippen molar-refractivity contribution in [1.82, 2.24) is 0 Å². The van der Waals surface area contributed by atoms with Gasteiger partial charge in [0.1, 0.15) is 6.10 Å². The van der Waals surface area contributed by atoms with E-state index in [9.17, 15) is 4.79 Å². The molecule has 0 bridgehead atoms. The van der Waals surface area contributed by atoms with Crippen LogP contribution < -0.4 is 0 Å². The van der Waals surface area contributed by atoms with Gasteiger partial charge in [-0.1, -0.05) is 13.8 Å². The molecule has 1 saturated carbocycles. The Balaban J connectivity index is 2.12. The second-order valence-corrected chi connectivity index (χ2v) is 5.48. The molecule has 2 aliphatic rings. The molecule has 2 fully saturated rings. The molecule has 1 aliphatic carbocycles. The molecule has 3 unspecified atom stereocenters. The van der Waals surface area contributed by atoms with Gasteiger partial charge in [-0.3, -0.25) is 4.79 Å². The van der Waals surface area contributed by atoms with Crippen LogP contribution in [0.25, 0.3) is 0 Å². The monoisotopic (exact) mass is 212 g/mol. The average molecular weight is 212 g/mol. The smallest absolute Gasteiger partial charge is 0.306 e. The lowest BCUT2D eigenvalue weighted by Gasteiger charge is -2.41. The van der Waals surface area contributed by atoms with Crippen molar-refractivity contribution in [3.63, 3.8) is 0 Å². The number of hydrogen-bond acceptors (Lipinski definition) is 3. The Labute approximate surface area is 91.1 Å². The molecule has 0 radical (unpaired) electrons. The lowest BCUT2D eigenvalue weighted by Crippen LogP contribution is -2.43. The van der Waals surface area contributed by atoms with Gasteiger partial charge in [0.2, 0.25) is 0 Å². The van der Waals surface area contributed by atoms with Crippen LogP contribution in [0.3, 0.4) is 0 Å². The van der Waals surface area contributed by atoms with Crippen molar-refractivity contribution < 1.29 is 14.3 Å². The van der Waals surface area contributed by atoms with Crippen LogP contribution in [0, 0.1) is 11.3 Å². The van der Waals surface area contributed by atoms with Crippen molar-refractivity contribution >= 4 is 5.97 Å². The first-order valence-corrected chi connectivity index (χ1v) is 5.83. The third-order valence-corrected chi connectivity index (χ3v) is 3.48. The van der Waals surface area contributed by atoms with Crippen molar-refractivity contribution in [1.29, 1.82) is 0 Å². The molecule has 2 rings (SSSR count). The minimum atomic E-state index is -0.0487. The summed E-state index contributed by atoms with van der Waals surface area (Å²) < 4.78 is 11.1. The molecule has 15 heavy (non-hydrogen) atoms. The highest BCUT2D eigenvalue weighted by atomic mass is 16.6. The summed E-state index contributed by atoms with van der Waals surface area (Å²) in [5.41, 5.74) is 0.273. The maximum Gasteiger partial charge on any atom is 0.306 e. The Morgan fingerprint density at radius 3 is 2.87 bits per heavy atom. The second-order valence-electron chi connectivity index (χ2n) is 5.48. The fraction of sp³-hybridized carbons (Fsp3) is 0.917. The van der Waals surface area contributed by atoms with Crippen molar-refractivity contribution in [3.8, 4) is 0 Å². The quantitative estimate of drug-likeness (QED) is 0.658. The van der Waals surface area contributed by atoms with E-state index in [1.807, 2.05) is 6.92 Å². The summed E-state index contributed by atoms with van der Waals surface area (Å²) in [6.45, 7) is 7.19. The van der Waals surface area contributed by atoms with Crippen molar-refractivity contribution in [2.75, 3.05) is 6.61 Å². The maximum absolute atomic E-state index is 11.3. The molecule has 0 aromatic rings. The zero-order chi connectivity index (χ0) is 11.1. The number of hydrogen-bond donors (Lipinski definition) is 0. The molecule has 86 valence electrons. The molecule has 0 spiro atoms. The van der Waals surface area contributed by atoms with Gasteiger partial charge in [-0.15, -0.1) is 0 Å². The predicted molar refractivity (Wildman–Crippen MR) is 56.4 cm³/mol. The first-order valence-electron chi connectivity index (χ1n) is 5.83. The van der Waals surface area contributed by atoms with Crippen LogP contribution in [0.2, 0.25) is 0 Å². The number of ether oxygens (including phenoxy) is 2. The highest BCUT2D eigenvalue weighted by molar-refractivity contribution is 5.72. The van der Waals surface area contributed by atoms with Gasteiger partial charge in [0.15, 0.2) is 0 Å². The van der Waals surface area contributed by atoms with E-state index < -0.39 is 0 Å². The molecule has 1 saturated heterocycles. The third kappa shape index (κ3) is 2.17. The van der Waals surface area contributed by atoms with Crippen LogP contribution in [-0.2, 0) is 14.3 Å². The van der Waals surface area contributed by atoms with Crippen LogP contribution in [0.4, 0.5) is 0 Å². The van der Waals surface area contributed by atoms with E-state index in [0.717, 1.165) is 12.8 Å². The van der Waals surface area contributed by atoms with Crippen LogP contribution in [0.15, 0.2) is 0 Å². The van der Waals surface area contributed by atoms with Crippen LogP contribution in [0.1, 0.15) is 40.0 Å². The normalized spacial score (nSPS) is 38.6. The molecular weight excluding hydrogens is 192 g/mol. The Hall–Kier alpha value is -0.570.